The molecule has 0 saturated heterocycles. The lowest BCUT2D eigenvalue weighted by molar-refractivity contribution is 0.474. The van der Waals surface area contributed by atoms with Crippen molar-refractivity contribution in [1.82, 2.24) is 4.57 Å². The molecule has 0 fully saturated rings. The number of hydrogen-bond acceptors (Lipinski definition) is 2. The van der Waals surface area contributed by atoms with Crippen molar-refractivity contribution >= 4 is 10.9 Å². The zero-order chi connectivity index (χ0) is 13.1. The average Bonchev–Trinajstić information content (AvgIpc) is 2.69. The number of rotatable bonds is 3. The van der Waals surface area contributed by atoms with E-state index in [1.165, 1.54) is 0 Å². The van der Waals surface area contributed by atoms with E-state index < -0.39 is 0 Å². The molecule has 3 N–H and O–H groups in total. The van der Waals surface area contributed by atoms with E-state index in [0.717, 1.165) is 16.5 Å². The second kappa shape index (κ2) is 4.87. The van der Waals surface area contributed by atoms with Gasteiger partial charge in [-0.1, -0.05) is 11.8 Å². The fourth-order valence-corrected chi connectivity index (χ4v) is 2.19. The minimum atomic E-state index is 0.113. The summed E-state index contributed by atoms with van der Waals surface area (Å²) in [6, 6.07) is 3.42. The Balaban J connectivity index is 2.80. The smallest absolute Gasteiger partial charge is 0.131 e. The number of fused-ring (bicyclic) bond motifs is 1. The molecular weight excluding hydrogens is 224 g/mol. The van der Waals surface area contributed by atoms with E-state index in [-0.39, 0.29) is 5.75 Å². The Morgan fingerprint density at radius 3 is 2.72 bits per heavy atom. The zero-order valence-electron chi connectivity index (χ0n) is 9.98. The number of benzene rings is 1. The Morgan fingerprint density at radius 1 is 1.33 bits per heavy atom. The minimum Gasteiger partial charge on any atom is -0.507 e. The quantitative estimate of drug-likeness (QED) is 0.795. The van der Waals surface area contributed by atoms with Crippen molar-refractivity contribution < 1.29 is 5.11 Å². The minimum absolute atomic E-state index is 0.113. The third-order valence-corrected chi connectivity index (χ3v) is 2.92. The van der Waals surface area contributed by atoms with E-state index >= 15 is 0 Å². The van der Waals surface area contributed by atoms with Crippen LogP contribution in [-0.2, 0) is 13.0 Å². The molecule has 0 unspecified atom stereocenters. The lowest BCUT2D eigenvalue weighted by Gasteiger charge is -2.03. The zero-order valence-corrected chi connectivity index (χ0v) is 9.98. The predicted octanol–water partition coefficient (Wildman–Crippen LogP) is 1.46. The molecule has 3 heteroatoms. The molecule has 18 heavy (non-hydrogen) atoms. The van der Waals surface area contributed by atoms with E-state index in [2.05, 4.69) is 11.8 Å². The fraction of sp³-hybridized carbons (Fsp3) is 0.200. The molecule has 1 aromatic carbocycles. The highest BCUT2D eigenvalue weighted by atomic mass is 16.3. The normalized spacial score (nSPS) is 10.2. The van der Waals surface area contributed by atoms with Crippen molar-refractivity contribution in [3.05, 3.63) is 29.5 Å². The van der Waals surface area contributed by atoms with Crippen LogP contribution in [0, 0.1) is 24.7 Å². The Hall–Kier alpha value is -2.36. The number of terminal acetylenes is 2. The highest BCUT2D eigenvalue weighted by molar-refractivity contribution is 5.92. The summed E-state index contributed by atoms with van der Waals surface area (Å²) in [6.07, 6.45) is 13.5. The standard InChI is InChI=1S/C15H14N2O/c1-3-9-17-10-11(7-8-16)15-12(4-2)14(18)6-5-13(15)17/h1-2,5-6,10,18H,7-9,16H2. The van der Waals surface area contributed by atoms with Crippen LogP contribution in [-0.4, -0.2) is 16.2 Å². The Labute approximate surface area is 106 Å². The van der Waals surface area contributed by atoms with Gasteiger partial charge in [0.1, 0.15) is 5.75 Å². The third kappa shape index (κ3) is 1.82. The molecule has 3 nitrogen and oxygen atoms in total. The van der Waals surface area contributed by atoms with Crippen LogP contribution in [0.3, 0.4) is 0 Å². The summed E-state index contributed by atoms with van der Waals surface area (Å²) in [5, 5.41) is 10.7. The molecule has 1 aromatic heterocycles. The van der Waals surface area contributed by atoms with Crippen LogP contribution >= 0.6 is 0 Å². The van der Waals surface area contributed by atoms with E-state index in [1.807, 2.05) is 16.8 Å². The molecule has 0 aliphatic rings. The molecule has 0 bridgehead atoms. The van der Waals surface area contributed by atoms with Crippen molar-refractivity contribution in [2.45, 2.75) is 13.0 Å². The summed E-state index contributed by atoms with van der Waals surface area (Å²) in [4.78, 5) is 0. The van der Waals surface area contributed by atoms with Gasteiger partial charge in [0.25, 0.3) is 0 Å². The first-order valence-corrected chi connectivity index (χ1v) is 5.66. The first-order valence-electron chi connectivity index (χ1n) is 5.66. The van der Waals surface area contributed by atoms with E-state index in [9.17, 15) is 5.11 Å². The number of phenolic OH excluding ortho intramolecular Hbond substituents is 1. The number of aromatic nitrogens is 1. The Morgan fingerprint density at radius 2 is 2.11 bits per heavy atom. The largest absolute Gasteiger partial charge is 0.507 e. The lowest BCUT2D eigenvalue weighted by atomic mass is 10.0. The van der Waals surface area contributed by atoms with Gasteiger partial charge in [-0.3, -0.25) is 0 Å². The van der Waals surface area contributed by atoms with Crippen molar-refractivity contribution in [3.63, 3.8) is 0 Å². The van der Waals surface area contributed by atoms with Gasteiger partial charge in [-0.15, -0.1) is 12.8 Å². The second-order valence-corrected chi connectivity index (χ2v) is 4.02. The summed E-state index contributed by atoms with van der Waals surface area (Å²) >= 11 is 0. The van der Waals surface area contributed by atoms with Gasteiger partial charge in [-0.25, -0.2) is 0 Å². The molecule has 0 saturated carbocycles. The van der Waals surface area contributed by atoms with Gasteiger partial charge in [0.2, 0.25) is 0 Å². The van der Waals surface area contributed by atoms with Crippen molar-refractivity contribution in [1.29, 1.82) is 0 Å². The molecule has 2 rings (SSSR count). The molecule has 0 radical (unpaired) electrons. The number of aromatic hydroxyl groups is 1. The van der Waals surface area contributed by atoms with Gasteiger partial charge >= 0.3 is 0 Å². The van der Waals surface area contributed by atoms with Crippen molar-refractivity contribution in [2.75, 3.05) is 6.54 Å². The number of hydrogen-bond donors (Lipinski definition) is 2. The van der Waals surface area contributed by atoms with E-state index in [1.54, 1.807) is 6.07 Å². The molecule has 0 aliphatic carbocycles. The fourth-order valence-electron chi connectivity index (χ4n) is 2.19. The Bertz CT molecular complexity index is 668. The van der Waals surface area contributed by atoms with Crippen molar-refractivity contribution in [2.24, 2.45) is 5.73 Å². The van der Waals surface area contributed by atoms with Gasteiger partial charge in [-0.2, -0.15) is 0 Å². The maximum atomic E-state index is 9.82. The topological polar surface area (TPSA) is 51.2 Å². The molecule has 0 aliphatic heterocycles. The van der Waals surface area contributed by atoms with Gasteiger partial charge < -0.3 is 15.4 Å². The molecule has 1 heterocycles. The summed E-state index contributed by atoms with van der Waals surface area (Å²) in [5.41, 5.74) is 8.06. The maximum Gasteiger partial charge on any atom is 0.131 e. The lowest BCUT2D eigenvalue weighted by Crippen LogP contribution is -2.02. The van der Waals surface area contributed by atoms with E-state index in [0.29, 0.717) is 25.1 Å². The third-order valence-electron chi connectivity index (χ3n) is 2.92. The van der Waals surface area contributed by atoms with Crippen LogP contribution in [0.4, 0.5) is 0 Å². The van der Waals surface area contributed by atoms with Crippen LogP contribution in [0.2, 0.25) is 0 Å². The van der Waals surface area contributed by atoms with E-state index in [4.69, 9.17) is 18.6 Å². The van der Waals surface area contributed by atoms with Crippen LogP contribution in [0.5, 0.6) is 5.75 Å². The van der Waals surface area contributed by atoms with Crippen LogP contribution in [0.1, 0.15) is 11.1 Å². The summed E-state index contributed by atoms with van der Waals surface area (Å²) in [7, 11) is 0. The molecule has 0 amide bonds. The maximum absolute atomic E-state index is 9.82. The molecule has 2 aromatic rings. The highest BCUT2D eigenvalue weighted by Crippen LogP contribution is 2.31. The average molecular weight is 238 g/mol. The van der Waals surface area contributed by atoms with Crippen LogP contribution in [0.25, 0.3) is 10.9 Å². The van der Waals surface area contributed by atoms with Crippen LogP contribution < -0.4 is 5.73 Å². The Kier molecular flexibility index (Phi) is 3.28. The van der Waals surface area contributed by atoms with Gasteiger partial charge in [-0.05, 0) is 30.7 Å². The number of nitrogens with two attached hydrogens (primary N) is 1. The predicted molar refractivity (Wildman–Crippen MR) is 73.1 cm³/mol. The molecule has 0 atom stereocenters. The summed E-state index contributed by atoms with van der Waals surface area (Å²) in [5.74, 6) is 5.25. The first kappa shape index (κ1) is 12.1. The summed E-state index contributed by atoms with van der Waals surface area (Å²) in [6.45, 7) is 0.991. The molecular formula is C15H14N2O. The first-order chi connectivity index (χ1) is 8.72. The van der Waals surface area contributed by atoms with Crippen molar-refractivity contribution in [3.8, 4) is 30.4 Å². The van der Waals surface area contributed by atoms with Crippen LogP contribution in [0.15, 0.2) is 18.3 Å². The monoisotopic (exact) mass is 238 g/mol. The SMILES string of the molecule is C#CCn1cc(CCN)c2c(C#C)c(O)ccc21. The van der Waals surface area contributed by atoms with Gasteiger partial charge in [0.05, 0.1) is 17.6 Å². The summed E-state index contributed by atoms with van der Waals surface area (Å²) < 4.78 is 1.95. The molecule has 0 spiro atoms. The number of nitrogens with zero attached hydrogens (tertiary/aromatic N) is 1. The molecule has 90 valence electrons. The number of phenols is 1. The van der Waals surface area contributed by atoms with Gasteiger partial charge in [0.15, 0.2) is 0 Å². The second-order valence-electron chi connectivity index (χ2n) is 4.02. The highest BCUT2D eigenvalue weighted by Gasteiger charge is 2.13. The van der Waals surface area contributed by atoms with Gasteiger partial charge in [0, 0.05) is 11.6 Å².